The standard InChI is InChI=1S/C10H18N4OS/c1-4-5-6-12-9(15)7-8(11)13-10(16-7)14(2)3/h4-6,11H2,1-3H3,(H,12,15). The van der Waals surface area contributed by atoms with Gasteiger partial charge in [-0.25, -0.2) is 4.98 Å². The maximum absolute atomic E-state index is 11.7. The number of anilines is 2. The minimum atomic E-state index is -0.128. The number of nitrogen functional groups attached to an aromatic ring is 1. The molecule has 0 unspecified atom stereocenters. The molecule has 0 aliphatic heterocycles. The molecule has 0 aliphatic rings. The molecule has 0 aromatic carbocycles. The summed E-state index contributed by atoms with van der Waals surface area (Å²) in [5.41, 5.74) is 5.70. The number of amides is 1. The Balaban J connectivity index is 2.68. The maximum Gasteiger partial charge on any atom is 0.265 e. The first-order chi connectivity index (χ1) is 7.56. The van der Waals surface area contributed by atoms with Crippen LogP contribution in [0.4, 0.5) is 10.9 Å². The van der Waals surface area contributed by atoms with E-state index in [9.17, 15) is 4.79 Å². The van der Waals surface area contributed by atoms with Gasteiger partial charge in [0, 0.05) is 20.6 Å². The monoisotopic (exact) mass is 242 g/mol. The van der Waals surface area contributed by atoms with E-state index in [0.29, 0.717) is 17.2 Å². The number of aromatic nitrogens is 1. The molecule has 0 fully saturated rings. The van der Waals surface area contributed by atoms with Crippen molar-refractivity contribution in [2.45, 2.75) is 19.8 Å². The largest absolute Gasteiger partial charge is 0.382 e. The summed E-state index contributed by atoms with van der Waals surface area (Å²) in [4.78, 5) is 18.2. The summed E-state index contributed by atoms with van der Waals surface area (Å²) in [6, 6.07) is 0. The molecule has 5 nitrogen and oxygen atoms in total. The average molecular weight is 242 g/mol. The van der Waals surface area contributed by atoms with Crippen LogP contribution in [0.15, 0.2) is 0 Å². The number of hydrogen-bond donors (Lipinski definition) is 2. The van der Waals surface area contributed by atoms with Crippen LogP contribution in [0.1, 0.15) is 29.4 Å². The molecular weight excluding hydrogens is 224 g/mol. The first-order valence-electron chi connectivity index (χ1n) is 5.28. The lowest BCUT2D eigenvalue weighted by Crippen LogP contribution is -2.24. The normalized spacial score (nSPS) is 10.2. The fraction of sp³-hybridized carbons (Fsp3) is 0.600. The van der Waals surface area contributed by atoms with Crippen molar-refractivity contribution in [1.29, 1.82) is 0 Å². The Labute approximate surface area is 99.7 Å². The molecule has 1 amide bonds. The van der Waals surface area contributed by atoms with Gasteiger partial charge in [0.2, 0.25) is 0 Å². The molecule has 0 saturated carbocycles. The smallest absolute Gasteiger partial charge is 0.265 e. The van der Waals surface area contributed by atoms with Crippen LogP contribution in [0.5, 0.6) is 0 Å². The van der Waals surface area contributed by atoms with E-state index in [1.54, 1.807) is 0 Å². The molecule has 3 N–H and O–H groups in total. The molecule has 6 heteroatoms. The number of thiazole rings is 1. The van der Waals surface area contributed by atoms with Gasteiger partial charge in [-0.2, -0.15) is 0 Å². The van der Waals surface area contributed by atoms with Crippen molar-refractivity contribution in [3.8, 4) is 0 Å². The summed E-state index contributed by atoms with van der Waals surface area (Å²) in [6.07, 6.45) is 2.03. The lowest BCUT2D eigenvalue weighted by molar-refractivity contribution is 0.0958. The fourth-order valence-corrected chi connectivity index (χ4v) is 1.96. The van der Waals surface area contributed by atoms with Crippen molar-refractivity contribution in [2.75, 3.05) is 31.3 Å². The molecule has 1 rings (SSSR count). The third kappa shape index (κ3) is 3.10. The third-order valence-corrected chi connectivity index (χ3v) is 3.28. The van der Waals surface area contributed by atoms with E-state index in [2.05, 4.69) is 17.2 Å². The van der Waals surface area contributed by atoms with Crippen LogP contribution in [-0.2, 0) is 0 Å². The molecule has 16 heavy (non-hydrogen) atoms. The molecule has 1 aromatic rings. The Hall–Kier alpha value is -1.30. The second kappa shape index (κ2) is 5.69. The molecule has 0 aliphatic carbocycles. The average Bonchev–Trinajstić information content (AvgIpc) is 2.61. The van der Waals surface area contributed by atoms with Gasteiger partial charge in [-0.1, -0.05) is 24.7 Å². The highest BCUT2D eigenvalue weighted by atomic mass is 32.1. The molecule has 0 atom stereocenters. The van der Waals surface area contributed by atoms with E-state index in [4.69, 9.17) is 5.73 Å². The zero-order valence-electron chi connectivity index (χ0n) is 9.91. The second-order valence-corrected chi connectivity index (χ2v) is 4.69. The summed E-state index contributed by atoms with van der Waals surface area (Å²) < 4.78 is 0. The third-order valence-electron chi connectivity index (χ3n) is 2.05. The van der Waals surface area contributed by atoms with Crippen LogP contribution in [-0.4, -0.2) is 31.5 Å². The first kappa shape index (κ1) is 12.8. The van der Waals surface area contributed by atoms with E-state index in [-0.39, 0.29) is 5.91 Å². The Morgan fingerprint density at radius 1 is 1.56 bits per heavy atom. The predicted octanol–water partition coefficient (Wildman–Crippen LogP) is 1.32. The summed E-state index contributed by atoms with van der Waals surface area (Å²) in [6.45, 7) is 2.77. The Morgan fingerprint density at radius 2 is 2.25 bits per heavy atom. The SMILES string of the molecule is CCCCNC(=O)c1sc(N(C)C)nc1N. The fourth-order valence-electron chi connectivity index (χ4n) is 1.13. The van der Waals surface area contributed by atoms with E-state index < -0.39 is 0 Å². The maximum atomic E-state index is 11.7. The molecule has 90 valence electrons. The highest BCUT2D eigenvalue weighted by molar-refractivity contribution is 7.18. The number of nitrogens with zero attached hydrogens (tertiary/aromatic N) is 2. The van der Waals surface area contributed by atoms with Gasteiger partial charge in [-0.15, -0.1) is 0 Å². The van der Waals surface area contributed by atoms with E-state index >= 15 is 0 Å². The Kier molecular flexibility index (Phi) is 4.54. The zero-order valence-corrected chi connectivity index (χ0v) is 10.7. The lowest BCUT2D eigenvalue weighted by Gasteiger charge is -2.05. The van der Waals surface area contributed by atoms with Crippen molar-refractivity contribution < 1.29 is 4.79 Å². The topological polar surface area (TPSA) is 71.2 Å². The number of nitrogens with one attached hydrogen (secondary N) is 1. The summed E-state index contributed by atoms with van der Waals surface area (Å²) in [5, 5.41) is 3.57. The van der Waals surface area contributed by atoms with Crippen LogP contribution >= 0.6 is 11.3 Å². The Bertz CT molecular complexity index is 362. The van der Waals surface area contributed by atoms with Crippen molar-refractivity contribution in [3.63, 3.8) is 0 Å². The molecule has 0 radical (unpaired) electrons. The molecule has 0 bridgehead atoms. The van der Waals surface area contributed by atoms with Gasteiger partial charge in [0.1, 0.15) is 10.7 Å². The zero-order chi connectivity index (χ0) is 12.1. The minimum Gasteiger partial charge on any atom is -0.382 e. The van der Waals surface area contributed by atoms with Gasteiger partial charge < -0.3 is 16.0 Å². The van der Waals surface area contributed by atoms with Crippen molar-refractivity contribution in [1.82, 2.24) is 10.3 Å². The van der Waals surface area contributed by atoms with Crippen LogP contribution < -0.4 is 16.0 Å². The van der Waals surface area contributed by atoms with Gasteiger partial charge in [0.25, 0.3) is 5.91 Å². The van der Waals surface area contributed by atoms with Gasteiger partial charge >= 0.3 is 0 Å². The van der Waals surface area contributed by atoms with Crippen molar-refractivity contribution in [3.05, 3.63) is 4.88 Å². The van der Waals surface area contributed by atoms with Gasteiger partial charge in [0.15, 0.2) is 5.13 Å². The summed E-state index contributed by atoms with van der Waals surface area (Å²) in [5.74, 6) is 0.180. The number of rotatable bonds is 5. The number of carbonyl (C=O) groups excluding carboxylic acids is 1. The molecule has 1 aromatic heterocycles. The minimum absolute atomic E-state index is 0.128. The summed E-state index contributed by atoms with van der Waals surface area (Å²) >= 11 is 1.31. The number of unbranched alkanes of at least 4 members (excludes halogenated alkanes) is 1. The van der Waals surface area contributed by atoms with E-state index in [1.165, 1.54) is 11.3 Å². The number of hydrogen-bond acceptors (Lipinski definition) is 5. The van der Waals surface area contributed by atoms with Crippen molar-refractivity contribution in [2.24, 2.45) is 0 Å². The molecule has 0 saturated heterocycles. The number of carbonyl (C=O) groups is 1. The van der Waals surface area contributed by atoms with Crippen molar-refractivity contribution >= 4 is 28.2 Å². The van der Waals surface area contributed by atoms with Crippen LogP contribution in [0, 0.1) is 0 Å². The van der Waals surface area contributed by atoms with Gasteiger partial charge in [-0.05, 0) is 6.42 Å². The first-order valence-corrected chi connectivity index (χ1v) is 6.09. The van der Waals surface area contributed by atoms with Gasteiger partial charge in [-0.3, -0.25) is 4.79 Å². The quantitative estimate of drug-likeness (QED) is 0.764. The Morgan fingerprint density at radius 3 is 2.75 bits per heavy atom. The number of nitrogens with two attached hydrogens (primary N) is 1. The highest BCUT2D eigenvalue weighted by Crippen LogP contribution is 2.26. The molecule has 1 heterocycles. The van der Waals surface area contributed by atoms with E-state index in [0.717, 1.165) is 18.0 Å². The molecular formula is C10H18N4OS. The van der Waals surface area contributed by atoms with Crippen LogP contribution in [0.25, 0.3) is 0 Å². The van der Waals surface area contributed by atoms with E-state index in [1.807, 2.05) is 19.0 Å². The second-order valence-electron chi connectivity index (χ2n) is 3.71. The molecule has 0 spiro atoms. The lowest BCUT2D eigenvalue weighted by atomic mass is 10.3. The van der Waals surface area contributed by atoms with Crippen LogP contribution in [0.2, 0.25) is 0 Å². The highest BCUT2D eigenvalue weighted by Gasteiger charge is 2.16. The summed E-state index contributed by atoms with van der Waals surface area (Å²) in [7, 11) is 3.74. The van der Waals surface area contributed by atoms with Gasteiger partial charge in [0.05, 0.1) is 0 Å². The van der Waals surface area contributed by atoms with Crippen LogP contribution in [0.3, 0.4) is 0 Å². The predicted molar refractivity (Wildman–Crippen MR) is 68.1 cm³/mol.